The van der Waals surface area contributed by atoms with Gasteiger partial charge >= 0.3 is 0 Å². The normalized spacial score (nSPS) is 10.5. The monoisotopic (exact) mass is 255 g/mol. The molecule has 2 rings (SSSR count). The number of ether oxygens (including phenoxy) is 1. The van der Waals surface area contributed by atoms with Crippen molar-refractivity contribution in [3.63, 3.8) is 0 Å². The molecule has 0 aromatic heterocycles. The quantitative estimate of drug-likeness (QED) is 0.878. The van der Waals surface area contributed by atoms with Crippen molar-refractivity contribution in [2.45, 2.75) is 20.4 Å². The van der Waals surface area contributed by atoms with Crippen LogP contribution in [0, 0.1) is 6.92 Å². The second kappa shape index (κ2) is 6.39. The maximum Gasteiger partial charge on any atom is 0.121 e. The van der Waals surface area contributed by atoms with Crippen LogP contribution in [-0.4, -0.2) is 13.7 Å². The predicted octanol–water partition coefficient (Wildman–Crippen LogP) is 3.78. The molecule has 0 fully saturated rings. The van der Waals surface area contributed by atoms with Crippen molar-refractivity contribution in [1.29, 1.82) is 0 Å². The van der Waals surface area contributed by atoms with E-state index in [0.29, 0.717) is 0 Å². The molecule has 0 radical (unpaired) electrons. The van der Waals surface area contributed by atoms with Crippen LogP contribution >= 0.6 is 0 Å². The van der Waals surface area contributed by atoms with Gasteiger partial charge in [0, 0.05) is 6.54 Å². The van der Waals surface area contributed by atoms with Gasteiger partial charge in [-0.1, -0.05) is 31.2 Å². The average molecular weight is 255 g/mol. The van der Waals surface area contributed by atoms with E-state index in [0.717, 1.165) is 24.4 Å². The van der Waals surface area contributed by atoms with Gasteiger partial charge in [0.1, 0.15) is 5.75 Å². The van der Waals surface area contributed by atoms with Crippen molar-refractivity contribution in [2.75, 3.05) is 13.7 Å². The zero-order chi connectivity index (χ0) is 13.7. The number of hydrogen-bond donors (Lipinski definition) is 1. The van der Waals surface area contributed by atoms with Gasteiger partial charge in [0.15, 0.2) is 0 Å². The summed E-state index contributed by atoms with van der Waals surface area (Å²) in [6.07, 6.45) is 0. The molecule has 0 saturated heterocycles. The molecule has 2 nitrogen and oxygen atoms in total. The molecule has 0 aliphatic rings. The first-order valence-electron chi connectivity index (χ1n) is 6.69. The molecule has 2 aromatic carbocycles. The van der Waals surface area contributed by atoms with Crippen LogP contribution in [0.4, 0.5) is 0 Å². The Morgan fingerprint density at radius 2 is 1.84 bits per heavy atom. The molecular formula is C17H21NO. The summed E-state index contributed by atoms with van der Waals surface area (Å²) in [5.74, 6) is 0.938. The first-order chi connectivity index (χ1) is 9.24. The summed E-state index contributed by atoms with van der Waals surface area (Å²) in [5.41, 5.74) is 4.96. The Bertz CT molecular complexity index is 549. The molecule has 2 aromatic rings. The highest BCUT2D eigenvalue weighted by Crippen LogP contribution is 2.26. The summed E-state index contributed by atoms with van der Waals surface area (Å²) >= 11 is 0. The molecule has 0 amide bonds. The van der Waals surface area contributed by atoms with Crippen LogP contribution in [0.2, 0.25) is 0 Å². The molecular weight excluding hydrogens is 234 g/mol. The molecule has 1 N–H and O–H groups in total. The Morgan fingerprint density at radius 1 is 1.05 bits per heavy atom. The van der Waals surface area contributed by atoms with Crippen LogP contribution in [0.5, 0.6) is 5.75 Å². The third kappa shape index (κ3) is 3.36. The fourth-order valence-corrected chi connectivity index (χ4v) is 2.19. The van der Waals surface area contributed by atoms with Gasteiger partial charge in [0.25, 0.3) is 0 Å². The summed E-state index contributed by atoms with van der Waals surface area (Å²) in [6.45, 7) is 6.10. The second-order valence-corrected chi connectivity index (χ2v) is 4.67. The Morgan fingerprint density at radius 3 is 2.53 bits per heavy atom. The van der Waals surface area contributed by atoms with Crippen molar-refractivity contribution < 1.29 is 4.74 Å². The maximum absolute atomic E-state index is 5.30. The van der Waals surface area contributed by atoms with E-state index in [9.17, 15) is 0 Å². The van der Waals surface area contributed by atoms with Crippen LogP contribution in [0.25, 0.3) is 11.1 Å². The van der Waals surface area contributed by atoms with E-state index in [4.69, 9.17) is 4.74 Å². The Balaban J connectivity index is 2.28. The van der Waals surface area contributed by atoms with Gasteiger partial charge in [-0.25, -0.2) is 0 Å². The van der Waals surface area contributed by atoms with Gasteiger partial charge in [-0.3, -0.25) is 0 Å². The van der Waals surface area contributed by atoms with Gasteiger partial charge < -0.3 is 10.1 Å². The zero-order valence-corrected chi connectivity index (χ0v) is 11.9. The van der Waals surface area contributed by atoms with Gasteiger partial charge in [0.05, 0.1) is 7.11 Å². The molecule has 19 heavy (non-hydrogen) atoms. The Labute approximate surface area is 115 Å². The zero-order valence-electron chi connectivity index (χ0n) is 11.9. The molecule has 2 heteroatoms. The van der Waals surface area contributed by atoms with E-state index in [2.05, 4.69) is 55.6 Å². The van der Waals surface area contributed by atoms with E-state index < -0.39 is 0 Å². The van der Waals surface area contributed by atoms with Crippen LogP contribution < -0.4 is 10.1 Å². The van der Waals surface area contributed by atoms with Crippen LogP contribution in [0.1, 0.15) is 18.1 Å². The van der Waals surface area contributed by atoms with E-state index in [1.165, 1.54) is 16.7 Å². The van der Waals surface area contributed by atoms with E-state index in [-0.39, 0.29) is 0 Å². The lowest BCUT2D eigenvalue weighted by Gasteiger charge is -2.09. The highest BCUT2D eigenvalue weighted by atomic mass is 16.5. The third-order valence-corrected chi connectivity index (χ3v) is 3.23. The topological polar surface area (TPSA) is 21.3 Å². The number of benzene rings is 2. The molecule has 0 aliphatic carbocycles. The third-order valence-electron chi connectivity index (χ3n) is 3.23. The molecule has 100 valence electrons. The molecule has 0 spiro atoms. The smallest absolute Gasteiger partial charge is 0.121 e. The number of hydrogen-bond acceptors (Lipinski definition) is 2. The first-order valence-corrected chi connectivity index (χ1v) is 6.69. The highest BCUT2D eigenvalue weighted by molar-refractivity contribution is 5.66. The van der Waals surface area contributed by atoms with Crippen molar-refractivity contribution in [3.8, 4) is 16.9 Å². The summed E-state index contributed by atoms with van der Waals surface area (Å²) < 4.78 is 5.30. The predicted molar refractivity (Wildman–Crippen MR) is 80.5 cm³/mol. The largest absolute Gasteiger partial charge is 0.496 e. The average Bonchev–Trinajstić information content (AvgIpc) is 2.45. The Kier molecular flexibility index (Phi) is 4.58. The van der Waals surface area contributed by atoms with E-state index in [1.807, 2.05) is 6.07 Å². The lowest BCUT2D eigenvalue weighted by molar-refractivity contribution is 0.412. The molecule has 0 aliphatic heterocycles. The van der Waals surface area contributed by atoms with Crippen molar-refractivity contribution >= 4 is 0 Å². The molecule has 0 unspecified atom stereocenters. The highest BCUT2D eigenvalue weighted by Gasteiger charge is 2.03. The van der Waals surface area contributed by atoms with Gasteiger partial charge in [-0.15, -0.1) is 0 Å². The van der Waals surface area contributed by atoms with Crippen LogP contribution in [0.15, 0.2) is 42.5 Å². The number of rotatable bonds is 5. The number of nitrogens with one attached hydrogen (secondary N) is 1. The van der Waals surface area contributed by atoms with E-state index >= 15 is 0 Å². The molecule has 0 atom stereocenters. The fourth-order valence-electron chi connectivity index (χ4n) is 2.19. The minimum absolute atomic E-state index is 0.916. The number of methoxy groups -OCH3 is 1. The first kappa shape index (κ1) is 13.6. The lowest BCUT2D eigenvalue weighted by Crippen LogP contribution is -2.11. The van der Waals surface area contributed by atoms with E-state index in [1.54, 1.807) is 7.11 Å². The summed E-state index contributed by atoms with van der Waals surface area (Å²) in [6, 6.07) is 15.0. The van der Waals surface area contributed by atoms with Gasteiger partial charge in [-0.05, 0) is 53.9 Å². The number of aryl methyl sites for hydroxylation is 1. The van der Waals surface area contributed by atoms with Crippen LogP contribution in [0.3, 0.4) is 0 Å². The van der Waals surface area contributed by atoms with Gasteiger partial charge in [0.2, 0.25) is 0 Å². The molecule has 0 saturated carbocycles. The van der Waals surface area contributed by atoms with Crippen molar-refractivity contribution in [1.82, 2.24) is 5.32 Å². The minimum Gasteiger partial charge on any atom is -0.496 e. The lowest BCUT2D eigenvalue weighted by atomic mass is 10.0. The van der Waals surface area contributed by atoms with Crippen molar-refractivity contribution in [3.05, 3.63) is 53.6 Å². The Hall–Kier alpha value is -1.80. The second-order valence-electron chi connectivity index (χ2n) is 4.67. The molecule has 0 bridgehead atoms. The minimum atomic E-state index is 0.916. The summed E-state index contributed by atoms with van der Waals surface area (Å²) in [5, 5.41) is 3.35. The van der Waals surface area contributed by atoms with Crippen molar-refractivity contribution in [2.24, 2.45) is 0 Å². The fraction of sp³-hybridized carbons (Fsp3) is 0.294. The van der Waals surface area contributed by atoms with Gasteiger partial charge in [-0.2, -0.15) is 0 Å². The standard InChI is InChI=1S/C17H21NO/c1-4-18-12-14-6-5-7-15(11-14)16-8-9-17(19-3)13(2)10-16/h5-11,18H,4,12H2,1-3H3. The molecule has 0 heterocycles. The SMILES string of the molecule is CCNCc1cccc(-c2ccc(OC)c(C)c2)c1. The maximum atomic E-state index is 5.30. The van der Waals surface area contributed by atoms with Crippen LogP contribution in [-0.2, 0) is 6.54 Å². The summed E-state index contributed by atoms with van der Waals surface area (Å²) in [4.78, 5) is 0. The summed E-state index contributed by atoms with van der Waals surface area (Å²) in [7, 11) is 1.71.